The van der Waals surface area contributed by atoms with Gasteiger partial charge in [-0.15, -0.1) is 5.10 Å². The summed E-state index contributed by atoms with van der Waals surface area (Å²) in [7, 11) is 0. The molecule has 0 unspecified atom stereocenters. The summed E-state index contributed by atoms with van der Waals surface area (Å²) in [6, 6.07) is 0. The molecule has 0 radical (unpaired) electrons. The van der Waals surface area contributed by atoms with E-state index in [2.05, 4.69) is 15.2 Å². The zero-order valence-corrected chi connectivity index (χ0v) is 10.1. The molecule has 2 rings (SSSR count). The van der Waals surface area contributed by atoms with E-state index >= 15 is 0 Å². The number of hydrogen-bond donors (Lipinski definition) is 1. The van der Waals surface area contributed by atoms with Gasteiger partial charge in [0, 0.05) is 6.54 Å². The number of hydrogen-bond acceptors (Lipinski definition) is 4. The Morgan fingerprint density at radius 2 is 2.06 bits per heavy atom. The first-order valence-electron chi connectivity index (χ1n) is 6.10. The number of nitrogens with zero attached hydrogens (tertiary/aromatic N) is 4. The van der Waals surface area contributed by atoms with Crippen molar-refractivity contribution in [1.29, 1.82) is 0 Å². The van der Waals surface area contributed by atoms with Gasteiger partial charge >= 0.3 is 5.97 Å². The highest BCUT2D eigenvalue weighted by molar-refractivity contribution is 5.86. The van der Waals surface area contributed by atoms with Crippen LogP contribution in [-0.4, -0.2) is 50.6 Å². The molecule has 1 aromatic rings. The van der Waals surface area contributed by atoms with Gasteiger partial charge in [0.05, 0.1) is 12.2 Å². The van der Waals surface area contributed by atoms with E-state index in [4.69, 9.17) is 5.11 Å². The standard InChI is InChI=1S/C11H18N4O2/c1-2-9-10(11(16)17)12-13-15(9)8-7-14-5-3-4-6-14/h2-8H2,1H3,(H,16,17). The first kappa shape index (κ1) is 12.0. The number of likely N-dealkylation sites (tertiary alicyclic amines) is 1. The Kier molecular flexibility index (Phi) is 3.73. The van der Waals surface area contributed by atoms with Crippen LogP contribution in [0, 0.1) is 0 Å². The molecule has 0 atom stereocenters. The monoisotopic (exact) mass is 238 g/mol. The number of carboxylic acids is 1. The molecule has 0 aliphatic carbocycles. The van der Waals surface area contributed by atoms with Crippen molar-refractivity contribution in [2.24, 2.45) is 0 Å². The van der Waals surface area contributed by atoms with Crippen molar-refractivity contribution in [3.63, 3.8) is 0 Å². The molecule has 0 amide bonds. The van der Waals surface area contributed by atoms with E-state index in [-0.39, 0.29) is 5.69 Å². The second-order valence-corrected chi connectivity index (χ2v) is 4.32. The van der Waals surface area contributed by atoms with Gasteiger partial charge in [0.15, 0.2) is 5.69 Å². The van der Waals surface area contributed by atoms with E-state index in [1.165, 1.54) is 12.8 Å². The first-order valence-corrected chi connectivity index (χ1v) is 6.10. The Morgan fingerprint density at radius 1 is 1.35 bits per heavy atom. The molecule has 6 nitrogen and oxygen atoms in total. The number of aromatic nitrogens is 3. The lowest BCUT2D eigenvalue weighted by Crippen LogP contribution is -2.25. The molecule has 0 saturated carbocycles. The molecule has 0 aromatic carbocycles. The Morgan fingerprint density at radius 3 is 2.65 bits per heavy atom. The van der Waals surface area contributed by atoms with Crippen molar-refractivity contribution in [3.8, 4) is 0 Å². The van der Waals surface area contributed by atoms with Crippen molar-refractivity contribution in [3.05, 3.63) is 11.4 Å². The van der Waals surface area contributed by atoms with Crippen LogP contribution in [0.2, 0.25) is 0 Å². The lowest BCUT2D eigenvalue weighted by Gasteiger charge is -2.14. The smallest absolute Gasteiger partial charge is 0.358 e. The van der Waals surface area contributed by atoms with E-state index in [1.807, 2.05) is 6.92 Å². The molecule has 1 N–H and O–H groups in total. The van der Waals surface area contributed by atoms with Gasteiger partial charge in [0.1, 0.15) is 0 Å². The van der Waals surface area contributed by atoms with Crippen LogP contribution in [0.3, 0.4) is 0 Å². The summed E-state index contributed by atoms with van der Waals surface area (Å²) in [4.78, 5) is 13.3. The maximum absolute atomic E-state index is 10.9. The molecular weight excluding hydrogens is 220 g/mol. The van der Waals surface area contributed by atoms with Crippen molar-refractivity contribution >= 4 is 5.97 Å². The SMILES string of the molecule is CCc1c(C(=O)O)nnn1CCN1CCCC1. The van der Waals surface area contributed by atoms with E-state index in [0.717, 1.165) is 31.9 Å². The summed E-state index contributed by atoms with van der Waals surface area (Å²) in [5, 5.41) is 16.6. The van der Waals surface area contributed by atoms with Gasteiger partial charge in [0.2, 0.25) is 0 Å². The molecule has 0 bridgehead atoms. The zero-order chi connectivity index (χ0) is 12.3. The Labute approximate surface area is 100 Å². The van der Waals surface area contributed by atoms with E-state index < -0.39 is 5.97 Å². The Hall–Kier alpha value is -1.43. The summed E-state index contributed by atoms with van der Waals surface area (Å²) in [6.45, 7) is 5.86. The molecule has 1 fully saturated rings. The quantitative estimate of drug-likeness (QED) is 0.814. The lowest BCUT2D eigenvalue weighted by molar-refractivity contribution is 0.0689. The fourth-order valence-corrected chi connectivity index (χ4v) is 2.27. The third kappa shape index (κ3) is 2.63. The van der Waals surface area contributed by atoms with Crippen LogP contribution in [0.15, 0.2) is 0 Å². The topological polar surface area (TPSA) is 71.2 Å². The van der Waals surface area contributed by atoms with Gasteiger partial charge < -0.3 is 10.0 Å². The van der Waals surface area contributed by atoms with E-state index in [9.17, 15) is 4.79 Å². The molecule has 0 spiro atoms. The third-order valence-corrected chi connectivity index (χ3v) is 3.20. The van der Waals surface area contributed by atoms with Crippen LogP contribution in [0.4, 0.5) is 0 Å². The Balaban J connectivity index is 2.02. The van der Waals surface area contributed by atoms with Crippen molar-refractivity contribution in [2.75, 3.05) is 19.6 Å². The van der Waals surface area contributed by atoms with Gasteiger partial charge in [-0.25, -0.2) is 9.48 Å². The summed E-state index contributed by atoms with van der Waals surface area (Å²) in [5.41, 5.74) is 0.811. The van der Waals surface area contributed by atoms with Crippen molar-refractivity contribution in [2.45, 2.75) is 32.7 Å². The van der Waals surface area contributed by atoms with E-state index in [1.54, 1.807) is 4.68 Å². The number of aromatic carboxylic acids is 1. The second-order valence-electron chi connectivity index (χ2n) is 4.32. The number of carbonyl (C=O) groups is 1. The first-order chi connectivity index (χ1) is 8.22. The predicted molar refractivity (Wildman–Crippen MR) is 62.0 cm³/mol. The molecule has 1 saturated heterocycles. The summed E-state index contributed by atoms with van der Waals surface area (Å²) in [6.07, 6.45) is 3.17. The molecule has 6 heteroatoms. The highest BCUT2D eigenvalue weighted by atomic mass is 16.4. The van der Waals surface area contributed by atoms with Crippen molar-refractivity contribution < 1.29 is 9.90 Å². The van der Waals surface area contributed by atoms with Crippen LogP contribution in [0.25, 0.3) is 0 Å². The van der Waals surface area contributed by atoms with Gasteiger partial charge in [-0.05, 0) is 32.4 Å². The van der Waals surface area contributed by atoms with Gasteiger partial charge in [-0.3, -0.25) is 0 Å². The minimum absolute atomic E-state index is 0.0916. The molecule has 1 aliphatic heterocycles. The van der Waals surface area contributed by atoms with Gasteiger partial charge in [-0.1, -0.05) is 12.1 Å². The van der Waals surface area contributed by atoms with E-state index in [0.29, 0.717) is 6.42 Å². The average Bonchev–Trinajstić information content (AvgIpc) is 2.95. The summed E-state index contributed by atoms with van der Waals surface area (Å²) in [5.74, 6) is -0.991. The highest BCUT2D eigenvalue weighted by Gasteiger charge is 2.18. The minimum Gasteiger partial charge on any atom is -0.476 e. The fraction of sp³-hybridized carbons (Fsp3) is 0.727. The highest BCUT2D eigenvalue weighted by Crippen LogP contribution is 2.09. The minimum atomic E-state index is -0.991. The molecular formula is C11H18N4O2. The second kappa shape index (κ2) is 5.27. The van der Waals surface area contributed by atoms with Gasteiger partial charge in [-0.2, -0.15) is 0 Å². The maximum atomic E-state index is 10.9. The van der Waals surface area contributed by atoms with Crippen LogP contribution in [-0.2, 0) is 13.0 Å². The van der Waals surface area contributed by atoms with Crippen LogP contribution in [0.1, 0.15) is 35.9 Å². The zero-order valence-electron chi connectivity index (χ0n) is 10.1. The molecule has 1 aromatic heterocycles. The third-order valence-electron chi connectivity index (χ3n) is 3.20. The lowest BCUT2D eigenvalue weighted by atomic mass is 10.2. The maximum Gasteiger partial charge on any atom is 0.358 e. The normalized spacial score (nSPS) is 16.5. The summed E-state index contributed by atoms with van der Waals surface area (Å²) >= 11 is 0. The number of carboxylic acid groups (broad SMARTS) is 1. The van der Waals surface area contributed by atoms with Crippen molar-refractivity contribution in [1.82, 2.24) is 19.9 Å². The van der Waals surface area contributed by atoms with Crippen LogP contribution >= 0.6 is 0 Å². The Bertz CT molecular complexity index is 396. The molecule has 94 valence electrons. The fourth-order valence-electron chi connectivity index (χ4n) is 2.27. The molecule has 1 aliphatic rings. The van der Waals surface area contributed by atoms with Gasteiger partial charge in [0.25, 0.3) is 0 Å². The molecule has 2 heterocycles. The summed E-state index contributed by atoms with van der Waals surface area (Å²) < 4.78 is 1.72. The van der Waals surface area contributed by atoms with Crippen LogP contribution in [0.5, 0.6) is 0 Å². The van der Waals surface area contributed by atoms with Crippen LogP contribution < -0.4 is 0 Å². The average molecular weight is 238 g/mol. The predicted octanol–water partition coefficient (Wildman–Crippen LogP) is 0.634. The number of rotatable bonds is 5. The molecule has 17 heavy (non-hydrogen) atoms. The largest absolute Gasteiger partial charge is 0.476 e.